The Morgan fingerprint density at radius 1 is 1.19 bits per heavy atom. The van der Waals surface area contributed by atoms with Crippen molar-refractivity contribution in [3.8, 4) is 0 Å². The normalized spacial score (nSPS) is 11.0. The highest BCUT2D eigenvalue weighted by Crippen LogP contribution is 2.29. The maximum absolute atomic E-state index is 12.4. The molecule has 0 spiro atoms. The van der Waals surface area contributed by atoms with Gasteiger partial charge in [0.1, 0.15) is 0 Å². The van der Waals surface area contributed by atoms with Crippen LogP contribution in [-0.2, 0) is 10.0 Å². The van der Waals surface area contributed by atoms with E-state index in [9.17, 15) is 8.42 Å². The molecular weight excluding hydrogens is 304 g/mol. The van der Waals surface area contributed by atoms with E-state index in [4.69, 9.17) is 5.73 Å². The van der Waals surface area contributed by atoms with Crippen LogP contribution in [0.2, 0.25) is 0 Å². The van der Waals surface area contributed by atoms with Gasteiger partial charge < -0.3 is 5.73 Å². The second-order valence-electron chi connectivity index (χ2n) is 4.27. The van der Waals surface area contributed by atoms with Crippen molar-refractivity contribution < 1.29 is 8.42 Å². The van der Waals surface area contributed by atoms with Crippen LogP contribution in [0.25, 0.3) is 0 Å². The molecule has 0 aliphatic heterocycles. The Labute approximate surface area is 129 Å². The van der Waals surface area contributed by atoms with Crippen molar-refractivity contribution in [2.24, 2.45) is 0 Å². The number of para-hydroxylation sites is 1. The summed E-state index contributed by atoms with van der Waals surface area (Å²) in [6, 6.07) is 13.5. The van der Waals surface area contributed by atoms with Crippen LogP contribution in [0.3, 0.4) is 0 Å². The first-order chi connectivity index (χ1) is 10.0. The molecule has 21 heavy (non-hydrogen) atoms. The van der Waals surface area contributed by atoms with Crippen molar-refractivity contribution >= 4 is 33.2 Å². The molecule has 0 saturated carbocycles. The van der Waals surface area contributed by atoms with E-state index in [1.165, 1.54) is 23.9 Å². The monoisotopic (exact) mass is 320 g/mol. The summed E-state index contributed by atoms with van der Waals surface area (Å²) < 4.78 is 27.4. The second-order valence-corrected chi connectivity index (χ2v) is 7.02. The standard InChI is InChI=1S/C15H16N2O2S2/c1-2-10-20-15-9-4-3-8-14(15)17-21(18,19)13-7-5-6-12(16)11-13/h2-9,11,17H,1,10,16H2. The molecule has 4 nitrogen and oxygen atoms in total. The number of hydrogen-bond acceptors (Lipinski definition) is 4. The zero-order chi connectivity index (χ0) is 15.3. The van der Waals surface area contributed by atoms with Crippen molar-refractivity contribution in [3.63, 3.8) is 0 Å². The van der Waals surface area contributed by atoms with Gasteiger partial charge in [0.05, 0.1) is 10.6 Å². The van der Waals surface area contributed by atoms with Gasteiger partial charge in [0.2, 0.25) is 0 Å². The minimum absolute atomic E-state index is 0.144. The lowest BCUT2D eigenvalue weighted by atomic mass is 10.3. The molecule has 2 rings (SSSR count). The van der Waals surface area contributed by atoms with Crippen molar-refractivity contribution in [1.29, 1.82) is 0 Å². The smallest absolute Gasteiger partial charge is 0.262 e. The van der Waals surface area contributed by atoms with E-state index >= 15 is 0 Å². The first-order valence-electron chi connectivity index (χ1n) is 6.24. The number of nitrogens with one attached hydrogen (secondary N) is 1. The van der Waals surface area contributed by atoms with Crippen LogP contribution in [-0.4, -0.2) is 14.2 Å². The highest BCUT2D eigenvalue weighted by Gasteiger charge is 2.16. The van der Waals surface area contributed by atoms with Gasteiger partial charge in [-0.2, -0.15) is 0 Å². The maximum atomic E-state index is 12.4. The molecule has 0 heterocycles. The zero-order valence-corrected chi connectivity index (χ0v) is 13.0. The van der Waals surface area contributed by atoms with Crippen LogP contribution in [0.5, 0.6) is 0 Å². The summed E-state index contributed by atoms with van der Waals surface area (Å²) >= 11 is 1.52. The van der Waals surface area contributed by atoms with Crippen molar-refractivity contribution in [2.45, 2.75) is 9.79 Å². The van der Waals surface area contributed by atoms with Gasteiger partial charge >= 0.3 is 0 Å². The molecule has 0 bridgehead atoms. The Morgan fingerprint density at radius 3 is 2.67 bits per heavy atom. The lowest BCUT2D eigenvalue weighted by Crippen LogP contribution is -2.13. The molecule has 0 aromatic heterocycles. The number of thioether (sulfide) groups is 1. The molecule has 0 amide bonds. The third-order valence-electron chi connectivity index (χ3n) is 2.66. The van der Waals surface area contributed by atoms with Crippen LogP contribution in [0, 0.1) is 0 Å². The van der Waals surface area contributed by atoms with E-state index in [1.807, 2.05) is 12.1 Å². The number of nitrogen functional groups attached to an aromatic ring is 1. The Hall–Kier alpha value is -1.92. The van der Waals surface area contributed by atoms with E-state index in [1.54, 1.807) is 30.3 Å². The largest absolute Gasteiger partial charge is 0.399 e. The molecule has 6 heteroatoms. The third kappa shape index (κ3) is 4.03. The van der Waals surface area contributed by atoms with E-state index in [0.717, 1.165) is 4.90 Å². The van der Waals surface area contributed by atoms with Crippen LogP contribution in [0.1, 0.15) is 0 Å². The molecular formula is C15H16N2O2S2. The first kappa shape index (κ1) is 15.5. The number of rotatable bonds is 6. The fourth-order valence-corrected chi connectivity index (χ4v) is 3.66. The summed E-state index contributed by atoms with van der Waals surface area (Å²) in [6.07, 6.45) is 1.77. The highest BCUT2D eigenvalue weighted by molar-refractivity contribution is 7.99. The molecule has 0 atom stereocenters. The quantitative estimate of drug-likeness (QED) is 0.486. The van der Waals surface area contributed by atoms with Crippen molar-refractivity contribution in [3.05, 3.63) is 61.2 Å². The predicted molar refractivity (Wildman–Crippen MR) is 89.0 cm³/mol. The van der Waals surface area contributed by atoms with Gasteiger partial charge in [0.25, 0.3) is 10.0 Å². The summed E-state index contributed by atoms with van der Waals surface area (Å²) in [5.74, 6) is 0.705. The average molecular weight is 320 g/mol. The average Bonchev–Trinajstić information content (AvgIpc) is 2.46. The molecule has 3 N–H and O–H groups in total. The van der Waals surface area contributed by atoms with E-state index in [0.29, 0.717) is 17.1 Å². The van der Waals surface area contributed by atoms with Crippen LogP contribution in [0.15, 0.2) is 71.0 Å². The van der Waals surface area contributed by atoms with E-state index in [2.05, 4.69) is 11.3 Å². The lowest BCUT2D eigenvalue weighted by molar-refractivity contribution is 0.601. The van der Waals surface area contributed by atoms with Crippen LogP contribution >= 0.6 is 11.8 Å². The van der Waals surface area contributed by atoms with Gasteiger partial charge in [-0.1, -0.05) is 24.3 Å². The SMILES string of the molecule is C=CCSc1ccccc1NS(=O)(=O)c1cccc(N)c1. The van der Waals surface area contributed by atoms with Crippen LogP contribution in [0.4, 0.5) is 11.4 Å². The Bertz CT molecular complexity index is 743. The Kier molecular flexibility index (Phi) is 4.93. The lowest BCUT2D eigenvalue weighted by Gasteiger charge is -2.12. The number of benzene rings is 2. The summed E-state index contributed by atoms with van der Waals surface area (Å²) in [7, 11) is -3.65. The summed E-state index contributed by atoms with van der Waals surface area (Å²) in [5.41, 5.74) is 6.59. The summed E-state index contributed by atoms with van der Waals surface area (Å²) in [6.45, 7) is 3.66. The number of sulfonamides is 1. The molecule has 0 aliphatic carbocycles. The van der Waals surface area contributed by atoms with Gasteiger partial charge in [0, 0.05) is 16.3 Å². The second kappa shape index (κ2) is 6.69. The van der Waals surface area contributed by atoms with E-state index < -0.39 is 10.0 Å². The summed E-state index contributed by atoms with van der Waals surface area (Å²) in [4.78, 5) is 0.996. The van der Waals surface area contributed by atoms with Gasteiger partial charge in [-0.25, -0.2) is 8.42 Å². The first-order valence-corrected chi connectivity index (χ1v) is 8.71. The summed E-state index contributed by atoms with van der Waals surface area (Å²) in [5, 5.41) is 0. The minimum atomic E-state index is -3.65. The molecule has 0 fully saturated rings. The fraction of sp³-hybridized carbons (Fsp3) is 0.0667. The highest BCUT2D eigenvalue weighted by atomic mass is 32.2. The molecule has 2 aromatic rings. The Morgan fingerprint density at radius 2 is 1.95 bits per heavy atom. The molecule has 110 valence electrons. The molecule has 2 aromatic carbocycles. The number of hydrogen-bond donors (Lipinski definition) is 2. The third-order valence-corrected chi connectivity index (χ3v) is 5.09. The minimum Gasteiger partial charge on any atom is -0.399 e. The molecule has 0 aliphatic rings. The van der Waals surface area contributed by atoms with Crippen molar-refractivity contribution in [2.75, 3.05) is 16.2 Å². The van der Waals surface area contributed by atoms with Gasteiger partial charge in [0.15, 0.2) is 0 Å². The molecule has 0 unspecified atom stereocenters. The van der Waals surface area contributed by atoms with Crippen LogP contribution < -0.4 is 10.5 Å². The molecule has 0 radical (unpaired) electrons. The zero-order valence-electron chi connectivity index (χ0n) is 11.3. The van der Waals surface area contributed by atoms with Crippen molar-refractivity contribution in [1.82, 2.24) is 0 Å². The number of anilines is 2. The van der Waals surface area contributed by atoms with Gasteiger partial charge in [-0.3, -0.25) is 4.72 Å². The fourth-order valence-electron chi connectivity index (χ4n) is 1.71. The van der Waals surface area contributed by atoms with Gasteiger partial charge in [-0.15, -0.1) is 18.3 Å². The number of nitrogens with two attached hydrogens (primary N) is 1. The predicted octanol–water partition coefficient (Wildman–Crippen LogP) is 3.35. The molecule has 0 saturated heterocycles. The maximum Gasteiger partial charge on any atom is 0.262 e. The Balaban J connectivity index is 2.30. The van der Waals surface area contributed by atoms with E-state index in [-0.39, 0.29) is 4.90 Å². The topological polar surface area (TPSA) is 72.2 Å². The van der Waals surface area contributed by atoms with Gasteiger partial charge in [-0.05, 0) is 30.3 Å².